The molecule has 0 aliphatic carbocycles. The molecule has 19 heavy (non-hydrogen) atoms. The number of ketones is 1. The maximum atomic E-state index is 10.9. The molecule has 2 aliphatic heterocycles. The minimum atomic E-state index is 0.337. The van der Waals surface area contributed by atoms with Gasteiger partial charge in [-0.2, -0.15) is 0 Å². The van der Waals surface area contributed by atoms with Gasteiger partial charge in [0.05, 0.1) is 0 Å². The molecule has 0 aromatic heterocycles. The van der Waals surface area contributed by atoms with Crippen LogP contribution in [-0.2, 0) is 4.79 Å². The van der Waals surface area contributed by atoms with Crippen LogP contribution in [0, 0.1) is 0 Å². The van der Waals surface area contributed by atoms with E-state index in [-0.39, 0.29) is 0 Å². The maximum Gasteiger partial charge on any atom is 0.129 e. The van der Waals surface area contributed by atoms with E-state index in [2.05, 4.69) is 9.80 Å². The SMILES string of the molecule is CC(=O)CCCCN1CCC(N2CCCCC2)CC1. The number of rotatable bonds is 6. The van der Waals surface area contributed by atoms with Crippen molar-refractivity contribution in [3.8, 4) is 0 Å². The molecule has 0 saturated carbocycles. The molecule has 0 aromatic carbocycles. The normalized spacial score (nSPS) is 23.6. The molecule has 0 N–H and O–H groups in total. The fourth-order valence-electron chi connectivity index (χ4n) is 3.50. The Balaban J connectivity index is 1.58. The molecule has 2 fully saturated rings. The molecule has 0 amide bonds. The molecule has 0 aromatic rings. The summed E-state index contributed by atoms with van der Waals surface area (Å²) in [7, 11) is 0. The second kappa shape index (κ2) is 8.01. The van der Waals surface area contributed by atoms with E-state index in [9.17, 15) is 4.79 Å². The van der Waals surface area contributed by atoms with Crippen molar-refractivity contribution in [2.75, 3.05) is 32.7 Å². The second-order valence-corrected chi connectivity index (χ2v) is 6.33. The molecule has 0 unspecified atom stereocenters. The molecule has 3 heteroatoms. The lowest BCUT2D eigenvalue weighted by molar-refractivity contribution is -0.117. The predicted molar refractivity (Wildman–Crippen MR) is 79.4 cm³/mol. The summed E-state index contributed by atoms with van der Waals surface area (Å²) in [5.41, 5.74) is 0. The highest BCUT2D eigenvalue weighted by atomic mass is 16.1. The standard InChI is InChI=1S/C16H30N2O/c1-15(19)7-3-6-10-17-13-8-16(9-14-17)18-11-4-2-5-12-18/h16H,2-14H2,1H3. The Hall–Kier alpha value is -0.410. The van der Waals surface area contributed by atoms with Gasteiger partial charge in [0.25, 0.3) is 0 Å². The van der Waals surface area contributed by atoms with Crippen LogP contribution in [-0.4, -0.2) is 54.3 Å². The first-order chi connectivity index (χ1) is 9.25. The molecular weight excluding hydrogens is 236 g/mol. The highest BCUT2D eigenvalue weighted by Crippen LogP contribution is 2.21. The van der Waals surface area contributed by atoms with Crippen molar-refractivity contribution in [1.29, 1.82) is 0 Å². The summed E-state index contributed by atoms with van der Waals surface area (Å²) in [4.78, 5) is 16.2. The monoisotopic (exact) mass is 266 g/mol. The van der Waals surface area contributed by atoms with Gasteiger partial charge in [0, 0.05) is 12.5 Å². The van der Waals surface area contributed by atoms with Gasteiger partial charge in [-0.25, -0.2) is 0 Å². The zero-order valence-electron chi connectivity index (χ0n) is 12.6. The number of hydrogen-bond donors (Lipinski definition) is 0. The molecule has 3 nitrogen and oxygen atoms in total. The van der Waals surface area contributed by atoms with Crippen molar-refractivity contribution in [3.63, 3.8) is 0 Å². The van der Waals surface area contributed by atoms with Crippen LogP contribution in [0.5, 0.6) is 0 Å². The van der Waals surface area contributed by atoms with Crippen LogP contribution in [0.4, 0.5) is 0 Å². The van der Waals surface area contributed by atoms with Crippen LogP contribution in [0.25, 0.3) is 0 Å². The zero-order valence-corrected chi connectivity index (χ0v) is 12.6. The molecular formula is C16H30N2O. The highest BCUT2D eigenvalue weighted by Gasteiger charge is 2.25. The summed E-state index contributed by atoms with van der Waals surface area (Å²) in [5.74, 6) is 0.337. The first-order valence-electron chi connectivity index (χ1n) is 8.21. The summed E-state index contributed by atoms with van der Waals surface area (Å²) >= 11 is 0. The summed E-state index contributed by atoms with van der Waals surface area (Å²) in [6.07, 6.45) is 9.99. The van der Waals surface area contributed by atoms with Gasteiger partial charge in [-0.3, -0.25) is 0 Å². The Kier molecular flexibility index (Phi) is 6.32. The first kappa shape index (κ1) is 15.0. The van der Waals surface area contributed by atoms with Gasteiger partial charge in [0.2, 0.25) is 0 Å². The fourth-order valence-corrected chi connectivity index (χ4v) is 3.50. The smallest absolute Gasteiger partial charge is 0.129 e. The first-order valence-corrected chi connectivity index (χ1v) is 8.21. The third-order valence-corrected chi connectivity index (χ3v) is 4.72. The number of unbranched alkanes of at least 4 members (excludes halogenated alkanes) is 1. The van der Waals surface area contributed by atoms with E-state index < -0.39 is 0 Å². The quantitative estimate of drug-likeness (QED) is 0.691. The lowest BCUT2D eigenvalue weighted by Crippen LogP contribution is -2.46. The predicted octanol–water partition coefficient (Wildman–Crippen LogP) is 2.70. The van der Waals surface area contributed by atoms with Gasteiger partial charge < -0.3 is 14.6 Å². The van der Waals surface area contributed by atoms with Gasteiger partial charge in [0.15, 0.2) is 0 Å². The molecule has 2 heterocycles. The van der Waals surface area contributed by atoms with Gasteiger partial charge in [-0.1, -0.05) is 6.42 Å². The van der Waals surface area contributed by atoms with Crippen LogP contribution < -0.4 is 0 Å². The van der Waals surface area contributed by atoms with E-state index >= 15 is 0 Å². The number of likely N-dealkylation sites (tertiary alicyclic amines) is 2. The molecule has 2 aliphatic rings. The molecule has 0 bridgehead atoms. The molecule has 0 spiro atoms. The summed E-state index contributed by atoms with van der Waals surface area (Å²) in [5, 5.41) is 0. The lowest BCUT2D eigenvalue weighted by Gasteiger charge is -2.40. The number of nitrogens with zero attached hydrogens (tertiary/aromatic N) is 2. The number of piperidine rings is 2. The Bertz CT molecular complexity index is 266. The minimum Gasteiger partial charge on any atom is -0.303 e. The molecule has 0 atom stereocenters. The van der Waals surface area contributed by atoms with Crippen molar-refractivity contribution in [3.05, 3.63) is 0 Å². The van der Waals surface area contributed by atoms with E-state index in [1.165, 1.54) is 71.2 Å². The van der Waals surface area contributed by atoms with Gasteiger partial charge in [-0.05, 0) is 78.2 Å². The van der Waals surface area contributed by atoms with E-state index in [1.807, 2.05) is 0 Å². The van der Waals surface area contributed by atoms with Gasteiger partial charge in [0.1, 0.15) is 5.78 Å². The third-order valence-electron chi connectivity index (χ3n) is 4.72. The van der Waals surface area contributed by atoms with Crippen molar-refractivity contribution >= 4 is 5.78 Å². The average molecular weight is 266 g/mol. The van der Waals surface area contributed by atoms with Crippen LogP contribution in [0.1, 0.15) is 58.3 Å². The van der Waals surface area contributed by atoms with E-state index in [4.69, 9.17) is 0 Å². The number of hydrogen-bond acceptors (Lipinski definition) is 3. The van der Waals surface area contributed by atoms with Crippen molar-refractivity contribution in [2.24, 2.45) is 0 Å². The van der Waals surface area contributed by atoms with Crippen LogP contribution in [0.3, 0.4) is 0 Å². The zero-order chi connectivity index (χ0) is 13.5. The maximum absolute atomic E-state index is 10.9. The van der Waals surface area contributed by atoms with Crippen molar-refractivity contribution < 1.29 is 4.79 Å². The Morgan fingerprint density at radius 3 is 2.32 bits per heavy atom. The molecule has 2 saturated heterocycles. The van der Waals surface area contributed by atoms with Crippen molar-refractivity contribution in [1.82, 2.24) is 9.80 Å². The largest absolute Gasteiger partial charge is 0.303 e. The van der Waals surface area contributed by atoms with Crippen LogP contribution >= 0.6 is 0 Å². The number of carbonyl (C=O) groups is 1. The van der Waals surface area contributed by atoms with E-state index in [0.717, 1.165) is 18.9 Å². The Labute approximate surface area is 118 Å². The highest BCUT2D eigenvalue weighted by molar-refractivity contribution is 5.75. The van der Waals surface area contributed by atoms with Gasteiger partial charge in [-0.15, -0.1) is 0 Å². The number of carbonyl (C=O) groups excluding carboxylic acids is 1. The van der Waals surface area contributed by atoms with Crippen LogP contribution in [0.15, 0.2) is 0 Å². The Morgan fingerprint density at radius 1 is 1.00 bits per heavy atom. The van der Waals surface area contributed by atoms with E-state index in [1.54, 1.807) is 6.92 Å². The fraction of sp³-hybridized carbons (Fsp3) is 0.938. The topological polar surface area (TPSA) is 23.6 Å². The minimum absolute atomic E-state index is 0.337. The van der Waals surface area contributed by atoms with E-state index in [0.29, 0.717) is 5.78 Å². The van der Waals surface area contributed by atoms with Crippen molar-refractivity contribution in [2.45, 2.75) is 64.3 Å². The third kappa shape index (κ3) is 5.23. The summed E-state index contributed by atoms with van der Waals surface area (Å²) in [6, 6.07) is 0.855. The average Bonchev–Trinajstić information content (AvgIpc) is 2.45. The summed E-state index contributed by atoms with van der Waals surface area (Å²) < 4.78 is 0. The van der Waals surface area contributed by atoms with Crippen LogP contribution in [0.2, 0.25) is 0 Å². The summed E-state index contributed by atoms with van der Waals surface area (Å²) in [6.45, 7) is 8.10. The molecule has 110 valence electrons. The molecule has 2 rings (SSSR count). The Morgan fingerprint density at radius 2 is 1.68 bits per heavy atom. The van der Waals surface area contributed by atoms with Gasteiger partial charge >= 0.3 is 0 Å². The number of Topliss-reactive ketones (excluding diaryl/α,β-unsaturated/α-hetero) is 1. The molecule has 0 radical (unpaired) electrons. The lowest BCUT2D eigenvalue weighted by atomic mass is 9.99. The second-order valence-electron chi connectivity index (χ2n) is 6.33.